The first-order valence-electron chi connectivity index (χ1n) is 5.68. The van der Waals surface area contributed by atoms with E-state index in [1.54, 1.807) is 6.07 Å². The van der Waals surface area contributed by atoms with Crippen LogP contribution in [0.25, 0.3) is 0 Å². The summed E-state index contributed by atoms with van der Waals surface area (Å²) in [5.74, 6) is 0.208. The first-order chi connectivity index (χ1) is 7.25. The SMILES string of the molecule is OC(Cc1cccc(F)c1)C1CCCC1. The van der Waals surface area contributed by atoms with Crippen molar-refractivity contribution in [2.45, 2.75) is 38.2 Å². The fourth-order valence-corrected chi connectivity index (χ4v) is 2.41. The van der Waals surface area contributed by atoms with Gasteiger partial charge in [-0.25, -0.2) is 4.39 Å². The second-order valence-electron chi connectivity index (χ2n) is 4.45. The zero-order valence-electron chi connectivity index (χ0n) is 8.82. The van der Waals surface area contributed by atoms with Crippen molar-refractivity contribution in [3.05, 3.63) is 35.6 Å². The lowest BCUT2D eigenvalue weighted by atomic mass is 9.95. The van der Waals surface area contributed by atoms with Crippen molar-refractivity contribution in [3.8, 4) is 0 Å². The molecule has 1 fully saturated rings. The van der Waals surface area contributed by atoms with Crippen LogP contribution in [0.4, 0.5) is 4.39 Å². The summed E-state index contributed by atoms with van der Waals surface area (Å²) in [5, 5.41) is 9.97. The highest BCUT2D eigenvalue weighted by molar-refractivity contribution is 5.17. The number of aliphatic hydroxyl groups excluding tert-OH is 1. The van der Waals surface area contributed by atoms with Crippen molar-refractivity contribution in [2.24, 2.45) is 5.92 Å². The molecule has 0 heterocycles. The Morgan fingerprint density at radius 2 is 2.07 bits per heavy atom. The van der Waals surface area contributed by atoms with Gasteiger partial charge in [-0.15, -0.1) is 0 Å². The quantitative estimate of drug-likeness (QED) is 0.809. The average molecular weight is 208 g/mol. The summed E-state index contributed by atoms with van der Waals surface area (Å²) in [6.45, 7) is 0. The third kappa shape index (κ3) is 2.78. The number of aliphatic hydroxyl groups is 1. The minimum atomic E-state index is -0.297. The third-order valence-corrected chi connectivity index (χ3v) is 3.28. The summed E-state index contributed by atoms with van der Waals surface area (Å²) in [6.07, 6.45) is 4.99. The minimum Gasteiger partial charge on any atom is -0.392 e. The normalized spacial score (nSPS) is 19.3. The molecule has 0 bridgehead atoms. The first-order valence-corrected chi connectivity index (χ1v) is 5.68. The molecule has 0 spiro atoms. The van der Waals surface area contributed by atoms with Crippen molar-refractivity contribution in [2.75, 3.05) is 0 Å². The van der Waals surface area contributed by atoms with Crippen LogP contribution in [0.15, 0.2) is 24.3 Å². The second-order valence-corrected chi connectivity index (χ2v) is 4.45. The third-order valence-electron chi connectivity index (χ3n) is 3.28. The molecule has 0 saturated heterocycles. The lowest BCUT2D eigenvalue weighted by Gasteiger charge is -2.17. The van der Waals surface area contributed by atoms with Crippen LogP contribution in [0.1, 0.15) is 31.2 Å². The minimum absolute atomic E-state index is 0.217. The van der Waals surface area contributed by atoms with Crippen molar-refractivity contribution in [1.29, 1.82) is 0 Å². The predicted octanol–water partition coefficient (Wildman–Crippen LogP) is 2.92. The molecular weight excluding hydrogens is 191 g/mol. The van der Waals surface area contributed by atoms with Crippen LogP contribution in [0, 0.1) is 11.7 Å². The number of hydrogen-bond donors (Lipinski definition) is 1. The van der Waals surface area contributed by atoms with E-state index < -0.39 is 0 Å². The van der Waals surface area contributed by atoms with Crippen LogP contribution < -0.4 is 0 Å². The van der Waals surface area contributed by atoms with Gasteiger partial charge < -0.3 is 5.11 Å². The van der Waals surface area contributed by atoms with Crippen LogP contribution in [-0.2, 0) is 6.42 Å². The molecular formula is C13H17FO. The Labute approximate surface area is 89.9 Å². The molecule has 0 amide bonds. The molecule has 0 aromatic heterocycles. The van der Waals surface area contributed by atoms with Crippen molar-refractivity contribution in [1.82, 2.24) is 0 Å². The van der Waals surface area contributed by atoms with E-state index in [1.165, 1.54) is 25.0 Å². The zero-order chi connectivity index (χ0) is 10.7. The summed E-state index contributed by atoms with van der Waals surface area (Å²) in [4.78, 5) is 0. The Hall–Kier alpha value is -0.890. The van der Waals surface area contributed by atoms with Crippen LogP contribution in [0.3, 0.4) is 0 Å². The lowest BCUT2D eigenvalue weighted by Crippen LogP contribution is -2.20. The van der Waals surface area contributed by atoms with Crippen LogP contribution >= 0.6 is 0 Å². The van der Waals surface area contributed by atoms with Gasteiger partial charge >= 0.3 is 0 Å². The van der Waals surface area contributed by atoms with Gasteiger partial charge in [0.2, 0.25) is 0 Å². The number of halogens is 1. The Morgan fingerprint density at radius 1 is 1.33 bits per heavy atom. The number of rotatable bonds is 3. The standard InChI is InChI=1S/C13H17FO/c14-12-7-3-4-10(8-12)9-13(15)11-5-1-2-6-11/h3-4,7-8,11,13,15H,1-2,5-6,9H2. The molecule has 1 aliphatic carbocycles. The van der Waals surface area contributed by atoms with Gasteiger partial charge in [-0.3, -0.25) is 0 Å². The fourth-order valence-electron chi connectivity index (χ4n) is 2.41. The Bertz CT molecular complexity index is 318. The highest BCUT2D eigenvalue weighted by atomic mass is 19.1. The van der Waals surface area contributed by atoms with Gasteiger partial charge in [0, 0.05) is 0 Å². The monoisotopic (exact) mass is 208 g/mol. The van der Waals surface area contributed by atoms with Crippen molar-refractivity contribution < 1.29 is 9.50 Å². The van der Waals surface area contributed by atoms with Gasteiger partial charge in [-0.05, 0) is 42.9 Å². The van der Waals surface area contributed by atoms with Gasteiger partial charge in [0.25, 0.3) is 0 Å². The summed E-state index contributed by atoms with van der Waals surface area (Å²) >= 11 is 0. The lowest BCUT2D eigenvalue weighted by molar-refractivity contribution is 0.111. The Kier molecular flexibility index (Phi) is 3.37. The molecule has 1 nitrogen and oxygen atoms in total. The van der Waals surface area contributed by atoms with Crippen molar-refractivity contribution >= 4 is 0 Å². The maximum Gasteiger partial charge on any atom is 0.123 e. The second kappa shape index (κ2) is 4.75. The van der Waals surface area contributed by atoms with E-state index in [1.807, 2.05) is 6.07 Å². The van der Waals surface area contributed by atoms with E-state index in [0.29, 0.717) is 12.3 Å². The van der Waals surface area contributed by atoms with Gasteiger partial charge in [0.15, 0.2) is 0 Å². The predicted molar refractivity (Wildman–Crippen MR) is 58.1 cm³/mol. The van der Waals surface area contributed by atoms with E-state index in [0.717, 1.165) is 18.4 Å². The molecule has 15 heavy (non-hydrogen) atoms. The summed E-state index contributed by atoms with van der Waals surface area (Å²) in [7, 11) is 0. The largest absolute Gasteiger partial charge is 0.392 e. The zero-order valence-corrected chi connectivity index (χ0v) is 8.82. The molecule has 1 aliphatic rings. The van der Waals surface area contributed by atoms with Crippen LogP contribution in [0.5, 0.6) is 0 Å². The number of hydrogen-bond acceptors (Lipinski definition) is 1. The summed E-state index contributed by atoms with van der Waals surface area (Å²) in [6, 6.07) is 6.52. The fraction of sp³-hybridized carbons (Fsp3) is 0.538. The van der Waals surface area contributed by atoms with Gasteiger partial charge in [0.1, 0.15) is 5.82 Å². The summed E-state index contributed by atoms with van der Waals surface area (Å²) in [5.41, 5.74) is 0.898. The molecule has 0 radical (unpaired) electrons. The molecule has 2 heteroatoms. The topological polar surface area (TPSA) is 20.2 Å². The van der Waals surface area contributed by atoms with Gasteiger partial charge in [-0.1, -0.05) is 25.0 Å². The summed E-state index contributed by atoms with van der Waals surface area (Å²) < 4.78 is 12.9. The van der Waals surface area contributed by atoms with Gasteiger partial charge in [-0.2, -0.15) is 0 Å². The molecule has 0 aliphatic heterocycles. The molecule has 1 aromatic rings. The number of benzene rings is 1. The molecule has 1 atom stereocenters. The van der Waals surface area contributed by atoms with Crippen LogP contribution in [-0.4, -0.2) is 11.2 Å². The van der Waals surface area contributed by atoms with E-state index in [4.69, 9.17) is 0 Å². The van der Waals surface area contributed by atoms with Gasteiger partial charge in [0.05, 0.1) is 6.10 Å². The molecule has 2 rings (SSSR count). The van der Waals surface area contributed by atoms with E-state index >= 15 is 0 Å². The smallest absolute Gasteiger partial charge is 0.123 e. The molecule has 1 aromatic carbocycles. The average Bonchev–Trinajstić information content (AvgIpc) is 2.70. The maximum absolute atomic E-state index is 12.9. The van der Waals surface area contributed by atoms with Crippen molar-refractivity contribution in [3.63, 3.8) is 0 Å². The van der Waals surface area contributed by atoms with E-state index in [2.05, 4.69) is 0 Å². The molecule has 1 N–H and O–H groups in total. The highest BCUT2D eigenvalue weighted by Gasteiger charge is 2.23. The Morgan fingerprint density at radius 3 is 2.73 bits per heavy atom. The first kappa shape index (κ1) is 10.6. The Balaban J connectivity index is 1.95. The van der Waals surface area contributed by atoms with E-state index in [9.17, 15) is 9.50 Å². The maximum atomic E-state index is 12.9. The molecule has 1 saturated carbocycles. The van der Waals surface area contributed by atoms with Crippen LogP contribution in [0.2, 0.25) is 0 Å². The molecule has 82 valence electrons. The molecule has 1 unspecified atom stereocenters. The van der Waals surface area contributed by atoms with E-state index in [-0.39, 0.29) is 11.9 Å². The highest BCUT2D eigenvalue weighted by Crippen LogP contribution is 2.29.